The highest BCUT2D eigenvalue weighted by Crippen LogP contribution is 2.36. The number of carbonyl (C=O) groups excluding carboxylic acids is 3. The minimum absolute atomic E-state index is 0.197. The van der Waals surface area contributed by atoms with Crippen molar-refractivity contribution in [1.29, 1.82) is 0 Å². The number of esters is 2. The Hall–Kier alpha value is -3.27. The van der Waals surface area contributed by atoms with E-state index in [-0.39, 0.29) is 24.5 Å². The lowest BCUT2D eigenvalue weighted by Gasteiger charge is -2.39. The van der Waals surface area contributed by atoms with Crippen molar-refractivity contribution in [3.8, 4) is 11.5 Å². The van der Waals surface area contributed by atoms with E-state index in [2.05, 4.69) is 10.2 Å². The van der Waals surface area contributed by atoms with Gasteiger partial charge in [0.1, 0.15) is 0 Å². The van der Waals surface area contributed by atoms with Crippen LogP contribution in [0.2, 0.25) is 0 Å². The third kappa shape index (κ3) is 5.92. The molecule has 2 amide bonds. The summed E-state index contributed by atoms with van der Waals surface area (Å²) in [7, 11) is 3.08. The number of likely N-dealkylation sites (tertiary alicyclic amines) is 1. The van der Waals surface area contributed by atoms with Gasteiger partial charge in [-0.2, -0.15) is 0 Å². The van der Waals surface area contributed by atoms with Gasteiger partial charge in [-0.25, -0.2) is 9.59 Å². The van der Waals surface area contributed by atoms with Gasteiger partial charge in [-0.05, 0) is 57.9 Å². The van der Waals surface area contributed by atoms with E-state index in [9.17, 15) is 14.4 Å². The number of nitrogens with zero attached hydrogens (tertiary/aromatic N) is 2. The van der Waals surface area contributed by atoms with E-state index < -0.39 is 12.0 Å². The Balaban J connectivity index is 2.05. The smallest absolute Gasteiger partial charge is 0.338 e. The van der Waals surface area contributed by atoms with Crippen molar-refractivity contribution in [3.63, 3.8) is 0 Å². The van der Waals surface area contributed by atoms with Gasteiger partial charge in [-0.1, -0.05) is 6.07 Å². The molecule has 0 aromatic heterocycles. The SMILES string of the molecule is CCOC(=O)C1=C(CN2CCC[C@@H](C(=O)OCC)C2)N(CC)C(=O)N[C@H]1c1ccc(OC)c(OC)c1. The molecule has 0 spiro atoms. The molecule has 2 aliphatic rings. The van der Waals surface area contributed by atoms with Crippen LogP contribution in [0, 0.1) is 5.92 Å². The molecule has 2 heterocycles. The van der Waals surface area contributed by atoms with Crippen molar-refractivity contribution < 1.29 is 33.3 Å². The molecule has 1 aromatic carbocycles. The van der Waals surface area contributed by atoms with E-state index >= 15 is 0 Å². The monoisotopic (exact) mass is 503 g/mol. The Morgan fingerprint density at radius 3 is 2.42 bits per heavy atom. The predicted octanol–water partition coefficient (Wildman–Crippen LogP) is 2.88. The van der Waals surface area contributed by atoms with Crippen LogP contribution in [0.15, 0.2) is 29.5 Å². The molecule has 0 aliphatic carbocycles. The van der Waals surface area contributed by atoms with E-state index in [1.807, 2.05) is 6.92 Å². The van der Waals surface area contributed by atoms with Gasteiger partial charge >= 0.3 is 18.0 Å². The quantitative estimate of drug-likeness (QED) is 0.486. The number of likely N-dealkylation sites (N-methyl/N-ethyl adjacent to an activating group) is 1. The number of rotatable bonds is 10. The summed E-state index contributed by atoms with van der Waals surface area (Å²) in [6, 6.07) is 4.24. The van der Waals surface area contributed by atoms with Crippen LogP contribution in [0.1, 0.15) is 45.2 Å². The van der Waals surface area contributed by atoms with Crippen molar-refractivity contribution in [2.75, 3.05) is 53.6 Å². The summed E-state index contributed by atoms with van der Waals surface area (Å²) in [5.41, 5.74) is 1.60. The number of methoxy groups -OCH3 is 2. The van der Waals surface area contributed by atoms with Crippen LogP contribution in [0.4, 0.5) is 4.79 Å². The normalized spacial score (nSPS) is 20.6. The fourth-order valence-electron chi connectivity index (χ4n) is 4.80. The van der Waals surface area contributed by atoms with Crippen LogP contribution >= 0.6 is 0 Å². The molecule has 3 rings (SSSR count). The number of carbonyl (C=O) groups is 3. The molecule has 0 unspecified atom stereocenters. The largest absolute Gasteiger partial charge is 0.493 e. The van der Waals surface area contributed by atoms with Gasteiger partial charge in [-0.15, -0.1) is 0 Å². The van der Waals surface area contributed by atoms with E-state index in [4.69, 9.17) is 18.9 Å². The first kappa shape index (κ1) is 27.3. The Labute approximate surface area is 212 Å². The van der Waals surface area contributed by atoms with Gasteiger partial charge in [0.2, 0.25) is 0 Å². The molecule has 36 heavy (non-hydrogen) atoms. The summed E-state index contributed by atoms with van der Waals surface area (Å²) >= 11 is 0. The van der Waals surface area contributed by atoms with E-state index in [1.54, 1.807) is 44.1 Å². The molecule has 0 bridgehead atoms. The number of piperidine rings is 1. The molecular formula is C26H37N3O7. The number of ether oxygens (including phenoxy) is 4. The molecule has 2 atom stereocenters. The average molecular weight is 504 g/mol. The number of nitrogens with one attached hydrogen (secondary N) is 1. The summed E-state index contributed by atoms with van der Waals surface area (Å²) < 4.78 is 21.5. The Kier molecular flexibility index (Phi) is 9.58. The van der Waals surface area contributed by atoms with Crippen LogP contribution < -0.4 is 14.8 Å². The van der Waals surface area contributed by atoms with Crippen molar-refractivity contribution >= 4 is 18.0 Å². The summed E-state index contributed by atoms with van der Waals surface area (Å²) in [6.45, 7) is 7.88. The molecule has 1 N–H and O–H groups in total. The maximum Gasteiger partial charge on any atom is 0.338 e. The molecule has 1 aromatic rings. The van der Waals surface area contributed by atoms with E-state index in [0.717, 1.165) is 19.4 Å². The highest BCUT2D eigenvalue weighted by molar-refractivity contribution is 5.95. The molecular weight excluding hydrogens is 466 g/mol. The minimum atomic E-state index is -0.736. The van der Waals surface area contributed by atoms with Crippen LogP contribution in [0.5, 0.6) is 11.5 Å². The van der Waals surface area contributed by atoms with Crippen molar-refractivity contribution in [2.24, 2.45) is 5.92 Å². The van der Waals surface area contributed by atoms with E-state index in [1.165, 1.54) is 7.11 Å². The average Bonchev–Trinajstić information content (AvgIpc) is 2.88. The van der Waals surface area contributed by atoms with Crippen molar-refractivity contribution in [3.05, 3.63) is 35.0 Å². The second kappa shape index (κ2) is 12.6. The van der Waals surface area contributed by atoms with Crippen LogP contribution in [0.25, 0.3) is 0 Å². The molecule has 0 radical (unpaired) electrons. The fraction of sp³-hybridized carbons (Fsp3) is 0.577. The summed E-state index contributed by atoms with van der Waals surface area (Å²) in [5, 5.41) is 2.96. The fourth-order valence-corrected chi connectivity index (χ4v) is 4.80. The molecule has 10 heteroatoms. The minimum Gasteiger partial charge on any atom is -0.493 e. The van der Waals surface area contributed by atoms with Gasteiger partial charge in [0.25, 0.3) is 0 Å². The second-order valence-electron chi connectivity index (χ2n) is 8.65. The molecule has 1 saturated heterocycles. The van der Waals surface area contributed by atoms with E-state index in [0.29, 0.717) is 54.6 Å². The van der Waals surface area contributed by atoms with Gasteiger partial charge in [0, 0.05) is 25.3 Å². The second-order valence-corrected chi connectivity index (χ2v) is 8.65. The molecule has 1 fully saturated rings. The lowest BCUT2D eigenvalue weighted by Crippen LogP contribution is -2.51. The Morgan fingerprint density at radius 1 is 1.06 bits per heavy atom. The number of amides is 2. The molecule has 0 saturated carbocycles. The first-order valence-corrected chi connectivity index (χ1v) is 12.5. The van der Waals surface area contributed by atoms with Crippen molar-refractivity contribution in [2.45, 2.75) is 39.7 Å². The predicted molar refractivity (Wildman–Crippen MR) is 133 cm³/mol. The van der Waals surface area contributed by atoms with Gasteiger partial charge < -0.3 is 24.3 Å². The molecule has 198 valence electrons. The molecule has 10 nitrogen and oxygen atoms in total. The highest BCUT2D eigenvalue weighted by atomic mass is 16.5. The Morgan fingerprint density at radius 2 is 1.78 bits per heavy atom. The zero-order valence-electron chi connectivity index (χ0n) is 21.8. The first-order chi connectivity index (χ1) is 17.4. The van der Waals surface area contributed by atoms with Gasteiger partial charge in [0.15, 0.2) is 11.5 Å². The van der Waals surface area contributed by atoms with Crippen LogP contribution in [-0.4, -0.2) is 81.4 Å². The summed E-state index contributed by atoms with van der Waals surface area (Å²) in [6.07, 6.45) is 1.58. The third-order valence-corrected chi connectivity index (χ3v) is 6.49. The lowest BCUT2D eigenvalue weighted by molar-refractivity contribution is -0.150. The summed E-state index contributed by atoms with van der Waals surface area (Å²) in [4.78, 5) is 42.6. The number of hydrogen-bond donors (Lipinski definition) is 1. The third-order valence-electron chi connectivity index (χ3n) is 6.49. The number of hydrogen-bond acceptors (Lipinski definition) is 8. The number of benzene rings is 1. The van der Waals surface area contributed by atoms with Crippen LogP contribution in [-0.2, 0) is 19.1 Å². The lowest BCUT2D eigenvalue weighted by atomic mass is 9.93. The first-order valence-electron chi connectivity index (χ1n) is 12.5. The number of urea groups is 1. The summed E-state index contributed by atoms with van der Waals surface area (Å²) in [5.74, 6) is 0.0851. The molecule has 2 aliphatic heterocycles. The van der Waals surface area contributed by atoms with Gasteiger partial charge in [-0.3, -0.25) is 14.6 Å². The van der Waals surface area contributed by atoms with Crippen LogP contribution in [0.3, 0.4) is 0 Å². The standard InChI is InChI=1S/C26H37N3O7/c1-6-29-19(16-28-13-9-10-18(15-28)24(30)35-7-2)22(25(31)36-8-3)23(27-26(29)32)17-11-12-20(33-4)21(14-17)34-5/h11-12,14,18,23H,6-10,13,15-16H2,1-5H3,(H,27,32)/t18-,23+/m1/s1. The van der Waals surface area contributed by atoms with Gasteiger partial charge in [0.05, 0.1) is 45.0 Å². The maximum atomic E-state index is 13.3. The zero-order valence-corrected chi connectivity index (χ0v) is 21.8. The highest BCUT2D eigenvalue weighted by Gasteiger charge is 2.39. The topological polar surface area (TPSA) is 107 Å². The Bertz CT molecular complexity index is 994. The maximum absolute atomic E-state index is 13.3. The van der Waals surface area contributed by atoms with Crippen molar-refractivity contribution in [1.82, 2.24) is 15.1 Å². The zero-order chi connectivity index (χ0) is 26.2.